The fourth-order valence-electron chi connectivity index (χ4n) is 3.38. The Morgan fingerprint density at radius 1 is 1.07 bits per heavy atom. The molecule has 27 heavy (non-hydrogen) atoms. The molecule has 0 bridgehead atoms. The predicted octanol–water partition coefficient (Wildman–Crippen LogP) is 2.97. The smallest absolute Gasteiger partial charge is 0.324 e. The average molecular weight is 363 g/mol. The van der Waals surface area contributed by atoms with Crippen molar-refractivity contribution in [1.82, 2.24) is 19.7 Å². The number of rotatable bonds is 3. The standard InChI is InChI=1S/C20H21N5O2/c26-19(21-16-9-3-1-4-10-16)24-13-7-8-15(14-24)18-22-20(27)25(23-18)17-11-5-2-6-12-17/h1-6,9-12,15H,7-8,13-14H2,(H,21,26)(H,22,23,27). The van der Waals surface area contributed by atoms with Crippen molar-refractivity contribution in [3.63, 3.8) is 0 Å². The third-order valence-corrected chi connectivity index (χ3v) is 4.76. The summed E-state index contributed by atoms with van der Waals surface area (Å²) in [5.41, 5.74) is 1.23. The zero-order valence-corrected chi connectivity index (χ0v) is 14.8. The Kier molecular flexibility index (Phi) is 4.74. The second-order valence-electron chi connectivity index (χ2n) is 6.64. The minimum atomic E-state index is -0.262. The highest BCUT2D eigenvalue weighted by molar-refractivity contribution is 5.89. The average Bonchev–Trinajstić information content (AvgIpc) is 3.11. The van der Waals surface area contributed by atoms with E-state index in [2.05, 4.69) is 15.4 Å². The Balaban J connectivity index is 1.49. The number of aromatic amines is 1. The number of nitrogens with one attached hydrogen (secondary N) is 2. The Morgan fingerprint density at radius 3 is 2.52 bits per heavy atom. The maximum absolute atomic E-state index is 12.6. The van der Waals surface area contributed by atoms with E-state index < -0.39 is 0 Å². The Morgan fingerprint density at radius 2 is 1.78 bits per heavy atom. The Bertz CT molecular complexity index is 965. The topological polar surface area (TPSA) is 83.0 Å². The maximum Gasteiger partial charge on any atom is 0.348 e. The van der Waals surface area contributed by atoms with Crippen molar-refractivity contribution in [2.45, 2.75) is 18.8 Å². The molecule has 0 radical (unpaired) electrons. The van der Waals surface area contributed by atoms with E-state index in [0.717, 1.165) is 24.2 Å². The van der Waals surface area contributed by atoms with E-state index in [1.807, 2.05) is 60.7 Å². The summed E-state index contributed by atoms with van der Waals surface area (Å²) in [4.78, 5) is 29.5. The van der Waals surface area contributed by atoms with E-state index in [-0.39, 0.29) is 17.6 Å². The first-order chi connectivity index (χ1) is 13.2. The lowest BCUT2D eigenvalue weighted by atomic mass is 9.98. The molecule has 3 aromatic rings. The first-order valence-corrected chi connectivity index (χ1v) is 9.06. The molecule has 1 unspecified atom stereocenters. The molecular formula is C20H21N5O2. The van der Waals surface area contributed by atoms with Gasteiger partial charge in [-0.3, -0.25) is 4.98 Å². The fraction of sp³-hybridized carbons (Fsp3) is 0.250. The van der Waals surface area contributed by atoms with Crippen molar-refractivity contribution in [2.24, 2.45) is 0 Å². The van der Waals surface area contributed by atoms with Gasteiger partial charge in [-0.2, -0.15) is 4.68 Å². The molecule has 138 valence electrons. The number of benzene rings is 2. The van der Waals surface area contributed by atoms with Crippen molar-refractivity contribution >= 4 is 11.7 Å². The van der Waals surface area contributed by atoms with Crippen molar-refractivity contribution in [3.8, 4) is 5.69 Å². The van der Waals surface area contributed by atoms with Gasteiger partial charge in [0, 0.05) is 24.7 Å². The third kappa shape index (κ3) is 3.76. The molecule has 2 heterocycles. The zero-order chi connectivity index (χ0) is 18.6. The predicted molar refractivity (Wildman–Crippen MR) is 103 cm³/mol. The number of amides is 2. The summed E-state index contributed by atoms with van der Waals surface area (Å²) >= 11 is 0. The van der Waals surface area contributed by atoms with Crippen LogP contribution in [0, 0.1) is 0 Å². The van der Waals surface area contributed by atoms with Crippen LogP contribution in [0.5, 0.6) is 0 Å². The lowest BCUT2D eigenvalue weighted by Crippen LogP contribution is -2.41. The molecule has 1 fully saturated rings. The summed E-state index contributed by atoms with van der Waals surface area (Å²) in [5, 5.41) is 7.39. The van der Waals surface area contributed by atoms with Gasteiger partial charge in [0.2, 0.25) is 0 Å². The number of H-pyrrole nitrogens is 1. The summed E-state index contributed by atoms with van der Waals surface area (Å²) < 4.78 is 1.37. The van der Waals surface area contributed by atoms with Crippen LogP contribution in [0.4, 0.5) is 10.5 Å². The summed E-state index contributed by atoms with van der Waals surface area (Å²) in [6.45, 7) is 1.22. The van der Waals surface area contributed by atoms with Gasteiger partial charge < -0.3 is 10.2 Å². The van der Waals surface area contributed by atoms with E-state index >= 15 is 0 Å². The Labute approximate surface area is 156 Å². The fourth-order valence-corrected chi connectivity index (χ4v) is 3.38. The van der Waals surface area contributed by atoms with Crippen LogP contribution in [-0.2, 0) is 0 Å². The third-order valence-electron chi connectivity index (χ3n) is 4.76. The van der Waals surface area contributed by atoms with Crippen molar-refractivity contribution in [1.29, 1.82) is 0 Å². The van der Waals surface area contributed by atoms with Gasteiger partial charge in [-0.05, 0) is 37.1 Å². The van der Waals surface area contributed by atoms with Crippen molar-refractivity contribution in [3.05, 3.63) is 77.0 Å². The molecule has 0 aliphatic carbocycles. The van der Waals surface area contributed by atoms with E-state index in [1.54, 1.807) is 4.90 Å². The van der Waals surface area contributed by atoms with Gasteiger partial charge in [0.05, 0.1) is 5.69 Å². The SMILES string of the molecule is O=C(Nc1ccccc1)N1CCCC(c2nn(-c3ccccc3)c(=O)[nH]2)C1. The number of carbonyl (C=O) groups is 1. The van der Waals surface area contributed by atoms with Gasteiger partial charge in [0.15, 0.2) is 0 Å². The van der Waals surface area contributed by atoms with Crippen LogP contribution in [0.25, 0.3) is 5.69 Å². The largest absolute Gasteiger partial charge is 0.348 e. The van der Waals surface area contributed by atoms with E-state index in [0.29, 0.717) is 18.9 Å². The van der Waals surface area contributed by atoms with Crippen LogP contribution < -0.4 is 11.0 Å². The number of urea groups is 1. The first-order valence-electron chi connectivity index (χ1n) is 9.06. The minimum Gasteiger partial charge on any atom is -0.324 e. The number of nitrogens with zero attached hydrogens (tertiary/aromatic N) is 3. The number of piperidine rings is 1. The lowest BCUT2D eigenvalue weighted by Gasteiger charge is -2.31. The molecule has 7 heteroatoms. The van der Waals surface area contributed by atoms with Crippen molar-refractivity contribution < 1.29 is 4.79 Å². The molecule has 1 aliphatic heterocycles. The minimum absolute atomic E-state index is 0.0120. The highest BCUT2D eigenvalue weighted by atomic mass is 16.2. The molecule has 0 saturated carbocycles. The molecule has 2 aromatic carbocycles. The summed E-state index contributed by atoms with van der Waals surface area (Å²) in [7, 11) is 0. The number of para-hydroxylation sites is 2. The van der Waals surface area contributed by atoms with Gasteiger partial charge in [-0.25, -0.2) is 9.59 Å². The molecule has 2 N–H and O–H groups in total. The van der Waals surface area contributed by atoms with Crippen LogP contribution in [0.1, 0.15) is 24.6 Å². The number of hydrogen-bond acceptors (Lipinski definition) is 3. The highest BCUT2D eigenvalue weighted by Gasteiger charge is 2.27. The summed E-state index contributed by atoms with van der Waals surface area (Å²) in [5.74, 6) is 0.638. The highest BCUT2D eigenvalue weighted by Crippen LogP contribution is 2.24. The molecule has 1 aliphatic rings. The summed E-state index contributed by atoms with van der Waals surface area (Å²) in [6, 6.07) is 18.6. The lowest BCUT2D eigenvalue weighted by molar-refractivity contribution is 0.191. The molecule has 0 spiro atoms. The van der Waals surface area contributed by atoms with Gasteiger partial charge in [-0.15, -0.1) is 5.10 Å². The molecule has 2 amide bonds. The van der Waals surface area contributed by atoms with Gasteiger partial charge in [0.25, 0.3) is 0 Å². The van der Waals surface area contributed by atoms with E-state index in [9.17, 15) is 9.59 Å². The Hall–Kier alpha value is -3.35. The molecule has 4 rings (SSSR count). The summed E-state index contributed by atoms with van der Waals surface area (Å²) in [6.07, 6.45) is 1.75. The molecular weight excluding hydrogens is 342 g/mol. The van der Waals surface area contributed by atoms with E-state index in [4.69, 9.17) is 0 Å². The molecule has 1 atom stereocenters. The van der Waals surface area contributed by atoms with Crippen LogP contribution in [0.15, 0.2) is 65.5 Å². The van der Waals surface area contributed by atoms with Crippen molar-refractivity contribution in [2.75, 3.05) is 18.4 Å². The molecule has 7 nitrogen and oxygen atoms in total. The zero-order valence-electron chi connectivity index (χ0n) is 14.8. The van der Waals surface area contributed by atoms with Gasteiger partial charge >= 0.3 is 11.7 Å². The van der Waals surface area contributed by atoms with Crippen LogP contribution in [-0.4, -0.2) is 38.8 Å². The molecule has 1 saturated heterocycles. The quantitative estimate of drug-likeness (QED) is 0.750. The van der Waals surface area contributed by atoms with Crippen LogP contribution >= 0.6 is 0 Å². The number of likely N-dealkylation sites (tertiary alicyclic amines) is 1. The van der Waals surface area contributed by atoms with Gasteiger partial charge in [0.1, 0.15) is 5.82 Å². The second kappa shape index (κ2) is 7.49. The number of aromatic nitrogens is 3. The van der Waals surface area contributed by atoms with Gasteiger partial charge in [-0.1, -0.05) is 36.4 Å². The normalized spacial score (nSPS) is 16.9. The molecule has 1 aromatic heterocycles. The number of anilines is 1. The number of hydrogen-bond donors (Lipinski definition) is 2. The number of carbonyl (C=O) groups excluding carboxylic acids is 1. The second-order valence-corrected chi connectivity index (χ2v) is 6.64. The van der Waals surface area contributed by atoms with Crippen LogP contribution in [0.3, 0.4) is 0 Å². The maximum atomic E-state index is 12.6. The van der Waals surface area contributed by atoms with E-state index in [1.165, 1.54) is 4.68 Å². The van der Waals surface area contributed by atoms with Crippen LogP contribution in [0.2, 0.25) is 0 Å². The first kappa shape index (κ1) is 17.1. The monoisotopic (exact) mass is 363 g/mol.